The summed E-state index contributed by atoms with van der Waals surface area (Å²) in [6.45, 7) is 1.84. The zero-order valence-electron chi connectivity index (χ0n) is 10.5. The largest absolute Gasteiger partial charge is 0.481 e. The predicted octanol–water partition coefficient (Wildman–Crippen LogP) is 3.01. The minimum Gasteiger partial charge on any atom is -0.481 e. The van der Waals surface area contributed by atoms with Crippen molar-refractivity contribution in [3.8, 4) is 6.07 Å². The molecule has 1 aromatic carbocycles. The highest BCUT2D eigenvalue weighted by Crippen LogP contribution is 2.29. The number of carbonyl (C=O) groups is 1. The Morgan fingerprint density at radius 3 is 3.00 bits per heavy atom. The van der Waals surface area contributed by atoms with Gasteiger partial charge in [0.05, 0.1) is 5.56 Å². The number of hydrogen-bond donors (Lipinski definition) is 1. The maximum Gasteiger partial charge on any atom is 0.303 e. The van der Waals surface area contributed by atoms with E-state index in [9.17, 15) is 4.79 Å². The number of carboxylic acid groups (broad SMARTS) is 1. The van der Waals surface area contributed by atoms with Crippen LogP contribution in [0.5, 0.6) is 0 Å². The molecule has 1 aliphatic rings. The number of rotatable bonds is 4. The van der Waals surface area contributed by atoms with Crippen molar-refractivity contribution in [2.24, 2.45) is 5.92 Å². The molecular weight excluding hydrogens is 308 g/mol. The van der Waals surface area contributed by atoms with Gasteiger partial charge in [-0.1, -0.05) is 0 Å². The Morgan fingerprint density at radius 2 is 2.37 bits per heavy atom. The zero-order valence-corrected chi connectivity index (χ0v) is 12.1. The van der Waals surface area contributed by atoms with E-state index >= 15 is 0 Å². The van der Waals surface area contributed by atoms with Crippen LogP contribution >= 0.6 is 15.9 Å². The van der Waals surface area contributed by atoms with E-state index in [2.05, 4.69) is 26.9 Å². The third-order valence-corrected chi connectivity index (χ3v) is 4.15. The van der Waals surface area contributed by atoms with Crippen molar-refractivity contribution in [2.75, 3.05) is 18.0 Å². The molecule has 1 fully saturated rings. The van der Waals surface area contributed by atoms with E-state index in [1.165, 1.54) is 0 Å². The van der Waals surface area contributed by atoms with Gasteiger partial charge in [-0.05, 0) is 52.9 Å². The predicted molar refractivity (Wildman–Crippen MR) is 76.0 cm³/mol. The van der Waals surface area contributed by atoms with Gasteiger partial charge in [-0.15, -0.1) is 0 Å². The third-order valence-electron chi connectivity index (χ3n) is 3.49. The van der Waals surface area contributed by atoms with Crippen LogP contribution in [-0.4, -0.2) is 24.2 Å². The van der Waals surface area contributed by atoms with Crippen molar-refractivity contribution in [3.05, 3.63) is 28.2 Å². The number of halogens is 1. The van der Waals surface area contributed by atoms with Crippen LogP contribution in [0.1, 0.15) is 24.8 Å². The van der Waals surface area contributed by atoms with E-state index in [0.29, 0.717) is 11.5 Å². The Bertz CT molecular complexity index is 525. The molecule has 0 amide bonds. The van der Waals surface area contributed by atoms with Gasteiger partial charge >= 0.3 is 5.97 Å². The number of nitrogens with zero attached hydrogens (tertiary/aromatic N) is 2. The molecule has 0 aliphatic carbocycles. The molecule has 5 heteroatoms. The summed E-state index contributed by atoms with van der Waals surface area (Å²) in [6, 6.07) is 7.84. The average Bonchev–Trinajstić information content (AvgIpc) is 2.85. The van der Waals surface area contributed by atoms with Gasteiger partial charge in [0.15, 0.2) is 0 Å². The summed E-state index contributed by atoms with van der Waals surface area (Å²) in [4.78, 5) is 12.8. The molecule has 0 spiro atoms. The normalized spacial score (nSPS) is 18.3. The van der Waals surface area contributed by atoms with E-state index in [4.69, 9.17) is 10.4 Å². The molecule has 1 aromatic rings. The summed E-state index contributed by atoms with van der Waals surface area (Å²) in [6.07, 6.45) is 2.02. The van der Waals surface area contributed by atoms with Gasteiger partial charge in [0, 0.05) is 29.7 Å². The standard InChI is InChI=1S/C14H15BrN2O2/c15-13-7-12(3-2-11(13)8-16)17-6-5-10(9-17)1-4-14(18)19/h2-3,7,10H,1,4-6,9H2,(H,18,19). The second-order valence-electron chi connectivity index (χ2n) is 4.81. The lowest BCUT2D eigenvalue weighted by Gasteiger charge is -2.19. The number of benzene rings is 1. The van der Waals surface area contributed by atoms with E-state index < -0.39 is 5.97 Å². The fourth-order valence-corrected chi connectivity index (χ4v) is 2.88. The lowest BCUT2D eigenvalue weighted by molar-refractivity contribution is -0.137. The zero-order chi connectivity index (χ0) is 13.8. The lowest BCUT2D eigenvalue weighted by Crippen LogP contribution is -2.19. The molecule has 0 saturated carbocycles. The van der Waals surface area contributed by atoms with Crippen LogP contribution in [0.25, 0.3) is 0 Å². The Balaban J connectivity index is 1.99. The van der Waals surface area contributed by atoms with Gasteiger partial charge in [0.1, 0.15) is 6.07 Å². The molecule has 100 valence electrons. The fraction of sp³-hybridized carbons (Fsp3) is 0.429. The molecule has 0 bridgehead atoms. The molecule has 1 heterocycles. The van der Waals surface area contributed by atoms with Crippen molar-refractivity contribution < 1.29 is 9.90 Å². The maximum absolute atomic E-state index is 10.6. The van der Waals surface area contributed by atoms with E-state index in [1.54, 1.807) is 0 Å². The summed E-state index contributed by atoms with van der Waals surface area (Å²) < 4.78 is 0.807. The van der Waals surface area contributed by atoms with Crippen molar-refractivity contribution in [3.63, 3.8) is 0 Å². The summed E-state index contributed by atoms with van der Waals surface area (Å²) >= 11 is 3.39. The first kappa shape index (κ1) is 13.9. The van der Waals surface area contributed by atoms with Crippen LogP contribution in [0.3, 0.4) is 0 Å². The second kappa shape index (κ2) is 6.07. The van der Waals surface area contributed by atoms with Gasteiger partial charge in [-0.3, -0.25) is 4.79 Å². The number of hydrogen-bond acceptors (Lipinski definition) is 3. The highest BCUT2D eigenvalue weighted by molar-refractivity contribution is 9.10. The summed E-state index contributed by atoms with van der Waals surface area (Å²) in [5.74, 6) is -0.273. The first-order chi connectivity index (χ1) is 9.10. The van der Waals surface area contributed by atoms with Crippen LogP contribution in [0.15, 0.2) is 22.7 Å². The summed E-state index contributed by atoms with van der Waals surface area (Å²) in [5, 5.41) is 17.6. The molecule has 0 aromatic heterocycles. The van der Waals surface area contributed by atoms with Gasteiger partial charge < -0.3 is 10.0 Å². The SMILES string of the molecule is N#Cc1ccc(N2CCC(CCC(=O)O)C2)cc1Br. The number of aliphatic carboxylic acids is 1. The molecule has 4 nitrogen and oxygen atoms in total. The van der Waals surface area contributed by atoms with Gasteiger partial charge in [-0.25, -0.2) is 0 Å². The summed E-state index contributed by atoms with van der Waals surface area (Å²) in [5.41, 5.74) is 1.72. The highest BCUT2D eigenvalue weighted by atomic mass is 79.9. The van der Waals surface area contributed by atoms with Crippen LogP contribution < -0.4 is 4.90 Å². The van der Waals surface area contributed by atoms with Crippen LogP contribution in [-0.2, 0) is 4.79 Å². The van der Waals surface area contributed by atoms with Crippen LogP contribution in [0.4, 0.5) is 5.69 Å². The number of nitriles is 1. The molecular formula is C14H15BrN2O2. The lowest BCUT2D eigenvalue weighted by atomic mass is 10.0. The van der Waals surface area contributed by atoms with E-state index in [0.717, 1.165) is 36.1 Å². The Morgan fingerprint density at radius 1 is 1.58 bits per heavy atom. The fourth-order valence-electron chi connectivity index (χ4n) is 2.42. The topological polar surface area (TPSA) is 64.3 Å². The van der Waals surface area contributed by atoms with Gasteiger partial charge in [0.2, 0.25) is 0 Å². The Kier molecular flexibility index (Phi) is 4.43. The molecule has 1 unspecified atom stereocenters. The molecule has 19 heavy (non-hydrogen) atoms. The Labute approximate surface area is 120 Å². The molecule has 0 radical (unpaired) electrons. The monoisotopic (exact) mass is 322 g/mol. The van der Waals surface area contributed by atoms with Crippen molar-refractivity contribution >= 4 is 27.6 Å². The molecule has 1 aliphatic heterocycles. The smallest absolute Gasteiger partial charge is 0.303 e. The second-order valence-corrected chi connectivity index (χ2v) is 5.66. The van der Waals surface area contributed by atoms with Gasteiger partial charge in [0.25, 0.3) is 0 Å². The first-order valence-electron chi connectivity index (χ1n) is 6.26. The minimum absolute atomic E-state index is 0.246. The maximum atomic E-state index is 10.6. The van der Waals surface area contributed by atoms with Crippen LogP contribution in [0, 0.1) is 17.2 Å². The average molecular weight is 323 g/mol. The van der Waals surface area contributed by atoms with E-state index in [1.807, 2.05) is 18.2 Å². The van der Waals surface area contributed by atoms with Crippen molar-refractivity contribution in [2.45, 2.75) is 19.3 Å². The Hall–Kier alpha value is -1.54. The summed E-state index contributed by atoms with van der Waals surface area (Å²) in [7, 11) is 0. The van der Waals surface area contributed by atoms with Crippen molar-refractivity contribution in [1.29, 1.82) is 5.26 Å². The van der Waals surface area contributed by atoms with E-state index in [-0.39, 0.29) is 6.42 Å². The molecule has 2 rings (SSSR count). The number of carboxylic acids is 1. The number of anilines is 1. The first-order valence-corrected chi connectivity index (χ1v) is 7.06. The molecule has 1 saturated heterocycles. The van der Waals surface area contributed by atoms with Crippen LogP contribution in [0.2, 0.25) is 0 Å². The quantitative estimate of drug-likeness (QED) is 0.925. The molecule has 1 atom stereocenters. The third kappa shape index (κ3) is 3.48. The highest BCUT2D eigenvalue weighted by Gasteiger charge is 2.23. The van der Waals surface area contributed by atoms with Crippen molar-refractivity contribution in [1.82, 2.24) is 0 Å². The van der Waals surface area contributed by atoms with Gasteiger partial charge in [-0.2, -0.15) is 5.26 Å². The minimum atomic E-state index is -0.723. The molecule has 1 N–H and O–H groups in total.